The van der Waals surface area contributed by atoms with E-state index >= 15 is 0 Å². The van der Waals surface area contributed by atoms with Crippen LogP contribution in [0.4, 0.5) is 0 Å². The predicted octanol–water partition coefficient (Wildman–Crippen LogP) is 3.21. The first kappa shape index (κ1) is 12.9. The lowest BCUT2D eigenvalue weighted by Crippen LogP contribution is -2.42. The molecule has 1 aromatic carbocycles. The van der Waals surface area contributed by atoms with Crippen LogP contribution in [-0.2, 0) is 16.0 Å². The molecule has 2 aliphatic rings. The van der Waals surface area contributed by atoms with Crippen molar-refractivity contribution in [1.82, 2.24) is 0 Å². The van der Waals surface area contributed by atoms with Gasteiger partial charge in [-0.2, -0.15) is 0 Å². The molecule has 0 spiro atoms. The Kier molecular flexibility index (Phi) is 3.06. The molecule has 0 amide bonds. The number of carbonyl (C=O) groups is 1. The molecule has 1 N–H and O–H groups in total. The second kappa shape index (κ2) is 4.50. The number of hydrogen-bond acceptors (Lipinski definition) is 2. The van der Waals surface area contributed by atoms with Gasteiger partial charge >= 0.3 is 5.97 Å². The Hall–Kier alpha value is -1.06. The number of rotatable bonds is 3. The molecule has 2 fully saturated rings. The Morgan fingerprint density at radius 1 is 1.53 bits per heavy atom. The quantitative estimate of drug-likeness (QED) is 0.925. The van der Waals surface area contributed by atoms with Crippen molar-refractivity contribution in [1.29, 1.82) is 0 Å². The van der Waals surface area contributed by atoms with E-state index in [1.54, 1.807) is 0 Å². The average Bonchev–Trinajstić information content (AvgIpc) is 2.93. The second-order valence-electron chi connectivity index (χ2n) is 5.76. The summed E-state index contributed by atoms with van der Waals surface area (Å²) in [7, 11) is 0. The lowest BCUT2D eigenvalue weighted by atomic mass is 9.70. The van der Waals surface area contributed by atoms with E-state index in [4.69, 9.17) is 16.3 Å². The Morgan fingerprint density at radius 3 is 2.84 bits per heavy atom. The number of ether oxygens (including phenoxy) is 1. The largest absolute Gasteiger partial charge is 0.481 e. The van der Waals surface area contributed by atoms with Gasteiger partial charge in [-0.15, -0.1) is 0 Å². The molecule has 0 saturated carbocycles. The van der Waals surface area contributed by atoms with Gasteiger partial charge in [0.25, 0.3) is 0 Å². The molecule has 2 saturated heterocycles. The van der Waals surface area contributed by atoms with E-state index in [0.29, 0.717) is 17.9 Å². The highest BCUT2D eigenvalue weighted by Gasteiger charge is 2.57. The molecule has 1 aromatic rings. The van der Waals surface area contributed by atoms with Gasteiger partial charge in [0.15, 0.2) is 0 Å². The molecule has 0 radical (unpaired) electrons. The van der Waals surface area contributed by atoms with E-state index in [1.165, 1.54) is 0 Å². The standard InChI is InChI=1S/C15H17ClO3/c1-9-2-3-10(12(16)6-9)7-15(14(17)18)8-11-4-5-13(15)19-11/h2-3,6,11,13H,4-5,7-8H2,1H3,(H,17,18). The molecule has 102 valence electrons. The number of carboxylic acid groups (broad SMARTS) is 1. The van der Waals surface area contributed by atoms with Crippen molar-refractivity contribution < 1.29 is 14.6 Å². The summed E-state index contributed by atoms with van der Waals surface area (Å²) in [5, 5.41) is 10.3. The highest BCUT2D eigenvalue weighted by Crippen LogP contribution is 2.50. The Balaban J connectivity index is 1.93. The van der Waals surface area contributed by atoms with Crippen LogP contribution >= 0.6 is 11.6 Å². The molecular weight excluding hydrogens is 264 g/mol. The third kappa shape index (κ3) is 2.05. The molecule has 2 bridgehead atoms. The summed E-state index contributed by atoms with van der Waals surface area (Å²) >= 11 is 6.24. The number of carboxylic acids is 1. The van der Waals surface area contributed by atoms with Crippen molar-refractivity contribution in [3.8, 4) is 0 Å². The maximum Gasteiger partial charge on any atom is 0.312 e. The van der Waals surface area contributed by atoms with Crippen molar-refractivity contribution in [3.05, 3.63) is 34.3 Å². The summed E-state index contributed by atoms with van der Waals surface area (Å²) in [4.78, 5) is 11.8. The summed E-state index contributed by atoms with van der Waals surface area (Å²) in [5.41, 5.74) is 1.20. The first-order valence-electron chi connectivity index (χ1n) is 6.65. The zero-order chi connectivity index (χ0) is 13.6. The molecule has 2 heterocycles. The minimum Gasteiger partial charge on any atom is -0.481 e. The summed E-state index contributed by atoms with van der Waals surface area (Å²) in [6.07, 6.45) is 2.86. The lowest BCUT2D eigenvalue weighted by Gasteiger charge is -2.31. The highest BCUT2D eigenvalue weighted by atomic mass is 35.5. The Morgan fingerprint density at radius 2 is 2.32 bits per heavy atom. The SMILES string of the molecule is Cc1ccc(CC2(C(=O)O)CC3CCC2O3)c(Cl)c1. The van der Waals surface area contributed by atoms with Crippen LogP contribution in [0.15, 0.2) is 18.2 Å². The lowest BCUT2D eigenvalue weighted by molar-refractivity contribution is -0.152. The number of halogens is 1. The minimum atomic E-state index is -0.790. The van der Waals surface area contributed by atoms with Crippen molar-refractivity contribution in [2.75, 3.05) is 0 Å². The molecule has 3 nitrogen and oxygen atoms in total. The van der Waals surface area contributed by atoms with E-state index in [9.17, 15) is 9.90 Å². The van der Waals surface area contributed by atoms with Crippen LogP contribution in [0.2, 0.25) is 5.02 Å². The van der Waals surface area contributed by atoms with Gasteiger partial charge in [0, 0.05) is 5.02 Å². The normalized spacial score (nSPS) is 32.7. The minimum absolute atomic E-state index is 0.116. The average molecular weight is 281 g/mol. The van der Waals surface area contributed by atoms with Crippen molar-refractivity contribution in [3.63, 3.8) is 0 Å². The predicted molar refractivity (Wildman–Crippen MR) is 72.5 cm³/mol. The van der Waals surface area contributed by atoms with Gasteiger partial charge in [0.1, 0.15) is 5.41 Å². The van der Waals surface area contributed by atoms with Crippen molar-refractivity contribution in [2.24, 2.45) is 5.41 Å². The molecule has 2 aliphatic heterocycles. The third-order valence-corrected chi connectivity index (χ3v) is 4.81. The maximum absolute atomic E-state index is 11.8. The van der Waals surface area contributed by atoms with E-state index < -0.39 is 11.4 Å². The van der Waals surface area contributed by atoms with Crippen LogP contribution in [0.3, 0.4) is 0 Å². The van der Waals surface area contributed by atoms with Crippen LogP contribution in [-0.4, -0.2) is 23.3 Å². The molecule has 3 rings (SSSR count). The number of aliphatic carboxylic acids is 1. The molecule has 4 heteroatoms. The zero-order valence-electron chi connectivity index (χ0n) is 10.9. The Bertz CT molecular complexity index is 528. The van der Waals surface area contributed by atoms with Gasteiger partial charge in [0.2, 0.25) is 0 Å². The maximum atomic E-state index is 11.8. The summed E-state index contributed by atoms with van der Waals surface area (Å²) < 4.78 is 5.76. The molecule has 3 unspecified atom stereocenters. The number of hydrogen-bond donors (Lipinski definition) is 1. The van der Waals surface area contributed by atoms with Crippen molar-refractivity contribution >= 4 is 17.6 Å². The Labute approximate surface area is 117 Å². The van der Waals surface area contributed by atoms with Crippen LogP contribution in [0.25, 0.3) is 0 Å². The summed E-state index contributed by atoms with van der Waals surface area (Å²) in [5.74, 6) is -0.753. The van der Waals surface area contributed by atoms with Gasteiger partial charge in [-0.25, -0.2) is 0 Å². The van der Waals surface area contributed by atoms with Gasteiger partial charge in [-0.1, -0.05) is 23.7 Å². The first-order chi connectivity index (χ1) is 9.01. The molecule has 0 aliphatic carbocycles. The topological polar surface area (TPSA) is 46.5 Å². The van der Waals surface area contributed by atoms with Gasteiger partial charge in [-0.3, -0.25) is 4.79 Å². The van der Waals surface area contributed by atoms with Gasteiger partial charge in [-0.05, 0) is 49.8 Å². The number of fused-ring (bicyclic) bond motifs is 2. The fourth-order valence-corrected chi connectivity index (χ4v) is 3.72. The van der Waals surface area contributed by atoms with E-state index in [-0.39, 0.29) is 12.2 Å². The molecular formula is C15H17ClO3. The third-order valence-electron chi connectivity index (χ3n) is 4.46. The second-order valence-corrected chi connectivity index (χ2v) is 6.17. The van der Waals surface area contributed by atoms with Gasteiger partial charge < -0.3 is 9.84 Å². The van der Waals surface area contributed by atoms with Crippen LogP contribution < -0.4 is 0 Å². The molecule has 19 heavy (non-hydrogen) atoms. The molecule has 3 atom stereocenters. The van der Waals surface area contributed by atoms with E-state index in [2.05, 4.69) is 0 Å². The van der Waals surface area contributed by atoms with Crippen LogP contribution in [0, 0.1) is 12.3 Å². The number of benzene rings is 1. The first-order valence-corrected chi connectivity index (χ1v) is 7.03. The van der Waals surface area contributed by atoms with Crippen LogP contribution in [0.1, 0.15) is 30.4 Å². The smallest absolute Gasteiger partial charge is 0.312 e. The van der Waals surface area contributed by atoms with E-state index in [1.807, 2.05) is 25.1 Å². The monoisotopic (exact) mass is 280 g/mol. The highest BCUT2D eigenvalue weighted by molar-refractivity contribution is 6.31. The summed E-state index contributed by atoms with van der Waals surface area (Å²) in [6.45, 7) is 1.98. The van der Waals surface area contributed by atoms with Crippen LogP contribution in [0.5, 0.6) is 0 Å². The fourth-order valence-electron chi connectivity index (χ4n) is 3.42. The fraction of sp³-hybridized carbons (Fsp3) is 0.533. The van der Waals surface area contributed by atoms with E-state index in [0.717, 1.165) is 24.0 Å². The summed E-state index contributed by atoms with van der Waals surface area (Å²) in [6, 6.07) is 5.81. The molecule has 0 aromatic heterocycles. The van der Waals surface area contributed by atoms with Crippen molar-refractivity contribution in [2.45, 2.75) is 44.8 Å². The number of aryl methyl sites for hydroxylation is 1. The van der Waals surface area contributed by atoms with Gasteiger partial charge in [0.05, 0.1) is 12.2 Å². The zero-order valence-corrected chi connectivity index (χ0v) is 11.6.